The van der Waals surface area contributed by atoms with E-state index in [0.717, 1.165) is 5.56 Å². The molecule has 0 amide bonds. The van der Waals surface area contributed by atoms with E-state index in [0.29, 0.717) is 11.6 Å². The second-order valence-electron chi connectivity index (χ2n) is 3.34. The molecule has 80 valence electrons. The summed E-state index contributed by atoms with van der Waals surface area (Å²) in [7, 11) is 1.87. The third kappa shape index (κ3) is 2.03. The first-order valence-electron chi connectivity index (χ1n) is 4.59. The van der Waals surface area contributed by atoms with E-state index in [2.05, 4.69) is 10.2 Å². The number of hydrogen-bond acceptors (Lipinski definition) is 3. The largest absolute Gasteiger partial charge is 0.328 e. The highest BCUT2D eigenvalue weighted by Crippen LogP contribution is 2.17. The van der Waals surface area contributed by atoms with Gasteiger partial charge in [-0.3, -0.25) is 9.36 Å². The van der Waals surface area contributed by atoms with Crippen LogP contribution in [0.1, 0.15) is 11.6 Å². The minimum Gasteiger partial charge on any atom is -0.328 e. The van der Waals surface area contributed by atoms with E-state index < -0.39 is 0 Å². The van der Waals surface area contributed by atoms with Crippen LogP contribution < -0.4 is 5.73 Å². The van der Waals surface area contributed by atoms with Crippen LogP contribution in [-0.2, 0) is 7.05 Å². The van der Waals surface area contributed by atoms with E-state index in [9.17, 15) is 0 Å². The zero-order valence-electron chi connectivity index (χ0n) is 8.34. The Hall–Kier alpha value is -1.33. The van der Waals surface area contributed by atoms with Gasteiger partial charge in [0.05, 0.1) is 23.5 Å². The molecule has 5 nitrogen and oxygen atoms in total. The van der Waals surface area contributed by atoms with Crippen molar-refractivity contribution in [3.63, 3.8) is 0 Å². The summed E-state index contributed by atoms with van der Waals surface area (Å²) >= 11 is 5.81. The van der Waals surface area contributed by atoms with Crippen LogP contribution in [0, 0.1) is 0 Å². The van der Waals surface area contributed by atoms with Crippen LogP contribution in [0.5, 0.6) is 0 Å². The highest BCUT2D eigenvalue weighted by molar-refractivity contribution is 6.30. The molecule has 2 N–H and O–H groups in total. The first-order chi connectivity index (χ1) is 7.20. The maximum absolute atomic E-state index is 5.81. The minimum atomic E-state index is -0.00815. The van der Waals surface area contributed by atoms with Crippen LogP contribution in [0.4, 0.5) is 0 Å². The molecule has 0 bridgehead atoms. The lowest BCUT2D eigenvalue weighted by Gasteiger charge is -2.12. The Morgan fingerprint density at radius 3 is 2.67 bits per heavy atom. The van der Waals surface area contributed by atoms with Crippen molar-refractivity contribution in [1.29, 1.82) is 0 Å². The molecule has 0 aliphatic rings. The van der Waals surface area contributed by atoms with Gasteiger partial charge < -0.3 is 5.73 Å². The predicted octanol–water partition coefficient (Wildman–Crippen LogP) is 0.818. The van der Waals surface area contributed by atoms with Crippen LogP contribution in [0.3, 0.4) is 0 Å². The van der Waals surface area contributed by atoms with E-state index in [1.54, 1.807) is 28.0 Å². The van der Waals surface area contributed by atoms with E-state index in [1.807, 2.05) is 13.2 Å². The molecule has 2 heterocycles. The first kappa shape index (κ1) is 10.2. The van der Waals surface area contributed by atoms with Crippen molar-refractivity contribution in [2.45, 2.75) is 6.04 Å². The lowest BCUT2D eigenvalue weighted by atomic mass is 10.2. The Morgan fingerprint density at radius 2 is 2.20 bits per heavy atom. The Balaban J connectivity index is 2.32. The molecule has 15 heavy (non-hydrogen) atoms. The zero-order chi connectivity index (χ0) is 10.8. The maximum atomic E-state index is 5.81. The summed E-state index contributed by atoms with van der Waals surface area (Å²) in [6.07, 6.45) is 7.06. The molecule has 1 atom stereocenters. The molecule has 2 rings (SSSR count). The molecule has 0 radical (unpaired) electrons. The van der Waals surface area contributed by atoms with Crippen molar-refractivity contribution in [2.24, 2.45) is 12.8 Å². The van der Waals surface area contributed by atoms with Crippen molar-refractivity contribution in [3.05, 3.63) is 35.4 Å². The van der Waals surface area contributed by atoms with Crippen LogP contribution in [-0.4, -0.2) is 26.1 Å². The van der Waals surface area contributed by atoms with Gasteiger partial charge in [0.15, 0.2) is 0 Å². The Kier molecular flexibility index (Phi) is 2.75. The molecule has 6 heteroatoms. The van der Waals surface area contributed by atoms with Crippen LogP contribution in [0.2, 0.25) is 5.02 Å². The van der Waals surface area contributed by atoms with Crippen molar-refractivity contribution < 1.29 is 0 Å². The Labute approximate surface area is 92.4 Å². The van der Waals surface area contributed by atoms with Gasteiger partial charge in [-0.2, -0.15) is 10.2 Å². The monoisotopic (exact) mass is 225 g/mol. The quantitative estimate of drug-likeness (QED) is 0.841. The molecular formula is C9H12ClN5. The van der Waals surface area contributed by atoms with Gasteiger partial charge >= 0.3 is 0 Å². The molecule has 2 aromatic heterocycles. The number of aromatic nitrogens is 4. The zero-order valence-corrected chi connectivity index (χ0v) is 9.09. The van der Waals surface area contributed by atoms with Gasteiger partial charge in [-0.15, -0.1) is 0 Å². The minimum absolute atomic E-state index is 0.00815. The van der Waals surface area contributed by atoms with Crippen molar-refractivity contribution >= 4 is 11.6 Å². The molecule has 0 saturated carbocycles. The highest BCUT2D eigenvalue weighted by Gasteiger charge is 2.14. The van der Waals surface area contributed by atoms with Gasteiger partial charge in [0.1, 0.15) is 0 Å². The number of nitrogens with zero attached hydrogens (tertiary/aromatic N) is 4. The fourth-order valence-corrected chi connectivity index (χ4v) is 1.64. The third-order valence-corrected chi connectivity index (χ3v) is 2.42. The summed E-state index contributed by atoms with van der Waals surface area (Å²) in [6.45, 7) is 0.462. The second-order valence-corrected chi connectivity index (χ2v) is 3.77. The van der Waals surface area contributed by atoms with Crippen LogP contribution in [0.25, 0.3) is 0 Å². The smallest absolute Gasteiger partial charge is 0.0921 e. The summed E-state index contributed by atoms with van der Waals surface area (Å²) in [5.41, 5.74) is 6.74. The fraction of sp³-hybridized carbons (Fsp3) is 0.333. The molecular weight excluding hydrogens is 214 g/mol. The SMILES string of the molecule is Cn1cc(C(CN)n2cc(Cl)cn2)cn1. The molecule has 2 aromatic rings. The Morgan fingerprint density at radius 1 is 1.40 bits per heavy atom. The summed E-state index contributed by atoms with van der Waals surface area (Å²) in [6, 6.07) is -0.00815. The van der Waals surface area contributed by atoms with Gasteiger partial charge in [0.2, 0.25) is 0 Å². The second kappa shape index (κ2) is 4.04. The molecule has 0 spiro atoms. The first-order valence-corrected chi connectivity index (χ1v) is 4.97. The van der Waals surface area contributed by atoms with Crippen molar-refractivity contribution in [1.82, 2.24) is 19.6 Å². The fourth-order valence-electron chi connectivity index (χ4n) is 1.49. The topological polar surface area (TPSA) is 61.7 Å². The average molecular weight is 226 g/mol. The molecule has 0 fully saturated rings. The van der Waals surface area contributed by atoms with E-state index >= 15 is 0 Å². The number of rotatable bonds is 3. The summed E-state index contributed by atoms with van der Waals surface area (Å²) in [5, 5.41) is 8.85. The van der Waals surface area contributed by atoms with Crippen LogP contribution >= 0.6 is 11.6 Å². The van der Waals surface area contributed by atoms with Crippen LogP contribution in [0.15, 0.2) is 24.8 Å². The maximum Gasteiger partial charge on any atom is 0.0921 e. The van der Waals surface area contributed by atoms with Crippen molar-refractivity contribution in [3.8, 4) is 0 Å². The Bertz CT molecular complexity index is 407. The van der Waals surface area contributed by atoms with Gasteiger partial charge in [0.25, 0.3) is 0 Å². The van der Waals surface area contributed by atoms with Gasteiger partial charge in [-0.25, -0.2) is 0 Å². The molecule has 0 aromatic carbocycles. The third-order valence-electron chi connectivity index (χ3n) is 2.22. The lowest BCUT2D eigenvalue weighted by Crippen LogP contribution is -2.20. The van der Waals surface area contributed by atoms with Gasteiger partial charge in [-0.05, 0) is 0 Å². The highest BCUT2D eigenvalue weighted by atomic mass is 35.5. The average Bonchev–Trinajstić information content (AvgIpc) is 2.78. The summed E-state index contributed by atoms with van der Waals surface area (Å²) in [5.74, 6) is 0. The molecule has 0 aliphatic carbocycles. The van der Waals surface area contributed by atoms with E-state index in [4.69, 9.17) is 17.3 Å². The standard InChI is InChI=1S/C9H12ClN5/c1-14-5-7(3-12-14)9(2-11)15-6-8(10)4-13-15/h3-6,9H,2,11H2,1H3. The molecule has 0 aliphatic heterocycles. The number of halogens is 1. The number of nitrogens with two attached hydrogens (primary N) is 1. The lowest BCUT2D eigenvalue weighted by molar-refractivity contribution is 0.531. The normalized spacial score (nSPS) is 13.0. The van der Waals surface area contributed by atoms with Crippen molar-refractivity contribution in [2.75, 3.05) is 6.54 Å². The summed E-state index contributed by atoms with van der Waals surface area (Å²) in [4.78, 5) is 0. The predicted molar refractivity (Wildman–Crippen MR) is 57.6 cm³/mol. The number of aryl methyl sites for hydroxylation is 1. The summed E-state index contributed by atoms with van der Waals surface area (Å²) < 4.78 is 3.49. The van der Waals surface area contributed by atoms with E-state index in [1.165, 1.54) is 0 Å². The molecule has 1 unspecified atom stereocenters. The molecule has 0 saturated heterocycles. The van der Waals surface area contributed by atoms with Gasteiger partial charge in [0, 0.05) is 31.5 Å². The van der Waals surface area contributed by atoms with Gasteiger partial charge in [-0.1, -0.05) is 11.6 Å². The van der Waals surface area contributed by atoms with E-state index in [-0.39, 0.29) is 6.04 Å². The number of hydrogen-bond donors (Lipinski definition) is 1.